The van der Waals surface area contributed by atoms with E-state index in [0.29, 0.717) is 10.9 Å². The fourth-order valence-electron chi connectivity index (χ4n) is 6.96. The average molecular weight is 749 g/mol. The maximum Gasteiger partial charge on any atom is 0.348 e. The summed E-state index contributed by atoms with van der Waals surface area (Å²) in [6.07, 6.45) is -9.22. The lowest BCUT2D eigenvalue weighted by Crippen LogP contribution is -2.69. The molecule has 0 bridgehead atoms. The van der Waals surface area contributed by atoms with Crippen LogP contribution in [0.4, 0.5) is 0 Å². The van der Waals surface area contributed by atoms with Crippen LogP contribution in [0, 0.1) is 6.92 Å². The van der Waals surface area contributed by atoms with Gasteiger partial charge in [0.15, 0.2) is 18.0 Å². The van der Waals surface area contributed by atoms with Crippen molar-refractivity contribution < 1.29 is 72.2 Å². The van der Waals surface area contributed by atoms with Crippen molar-refractivity contribution in [1.29, 1.82) is 0 Å². The Morgan fingerprint density at radius 1 is 0.904 bits per heavy atom. The van der Waals surface area contributed by atoms with Gasteiger partial charge in [0.2, 0.25) is 6.29 Å². The zero-order chi connectivity index (χ0) is 38.2. The Morgan fingerprint density at radius 3 is 2.19 bits per heavy atom. The highest BCUT2D eigenvalue weighted by atomic mass is 31.2. The van der Waals surface area contributed by atoms with E-state index in [0.717, 1.165) is 0 Å². The number of aryl methyl sites for hydroxylation is 1. The second kappa shape index (κ2) is 13.6. The predicted octanol–water partition coefficient (Wildman–Crippen LogP) is -1.10. The molecule has 0 spiro atoms. The number of rotatable bonds is 5. The molecule has 10 atom stereocenters. The third-order valence-electron chi connectivity index (χ3n) is 9.52. The molecule has 0 amide bonds. The molecule has 4 heterocycles. The molecule has 0 aliphatic carbocycles. The topological polar surface area (TPSA) is 300 Å². The van der Waals surface area contributed by atoms with E-state index >= 15 is 0 Å². The third-order valence-corrected chi connectivity index (χ3v) is 9.52. The molecule has 2 fully saturated rings. The van der Waals surface area contributed by atoms with Crippen LogP contribution in [0.3, 0.4) is 0 Å². The van der Waals surface area contributed by atoms with Gasteiger partial charge in [-0.25, -0.2) is 9.59 Å². The van der Waals surface area contributed by atoms with Crippen LogP contribution < -0.4 is 36.4 Å². The largest absolute Gasteiger partial charge is 0.822 e. The van der Waals surface area contributed by atoms with Crippen LogP contribution in [0.2, 0.25) is 0 Å². The van der Waals surface area contributed by atoms with E-state index in [1.165, 1.54) is 33.1 Å². The highest BCUT2D eigenvalue weighted by molar-refractivity contribution is 7.40. The molecule has 0 unspecified atom stereocenters. The standard InChI is InChI=1S/C33H35NO13.H3O4P/c1-11-9-10-16-19-17(11)29(38)46-25-18-14(24(36)21(20(19)25)30(39)44-16)7-6-8-15(18)45-32-28(33(4,40)27(37)13(3)43-32)47-31-22(34)26(41-5)23(35)12(2)42-31;1-5(2,3)4/h6-10,12-13,22-23,26-28,31-32,35-37,40H,34H2,1-5H3;(H3,1,2,3,4)/p-3/t12-,13-,22-,23+,26-,27+,28+,31-,32+,33+;/m1./s1. The van der Waals surface area contributed by atoms with Crippen molar-refractivity contribution in [3.05, 3.63) is 56.7 Å². The van der Waals surface area contributed by atoms with E-state index in [9.17, 15) is 30.0 Å². The van der Waals surface area contributed by atoms with E-state index in [1.807, 2.05) is 0 Å². The molecular weight excluding hydrogens is 713 g/mol. The number of hydrogen-bond donors (Lipinski definition) is 5. The Hall–Kier alpha value is -3.75. The number of phenolic OH excluding ortho intramolecular Hbond substituents is 1. The first-order valence-electron chi connectivity index (χ1n) is 15.9. The minimum atomic E-state index is -5.39. The lowest BCUT2D eigenvalue weighted by atomic mass is 9.86. The SMILES string of the molecule is CO[C@@H]1[C@@H](N)[C@@H](O[C@H]2[C@H](Oc3cccc4c(O)c5c(=O)oc6ccc(C)c7c(=O)oc(c34)c5c67)O[C@H](C)[C@H](O)[C@]2(C)O)O[C@H](C)[C@@H]1O.O=P([O-])([O-])[O-]. The maximum atomic E-state index is 13.4. The summed E-state index contributed by atoms with van der Waals surface area (Å²) < 4.78 is 49.8. The molecule has 0 radical (unpaired) electrons. The third kappa shape index (κ3) is 6.44. The average Bonchev–Trinajstić information content (AvgIpc) is 3.05. The van der Waals surface area contributed by atoms with Crippen molar-refractivity contribution in [3.63, 3.8) is 0 Å². The van der Waals surface area contributed by atoms with Crippen LogP contribution in [0.1, 0.15) is 26.3 Å². The number of nitrogens with two attached hydrogens (primary N) is 1. The summed E-state index contributed by atoms with van der Waals surface area (Å²) in [6.45, 7) is 6.21. The van der Waals surface area contributed by atoms with E-state index in [2.05, 4.69) is 0 Å². The molecule has 3 aromatic carbocycles. The van der Waals surface area contributed by atoms with Crippen molar-refractivity contribution in [3.8, 4) is 11.5 Å². The summed E-state index contributed by atoms with van der Waals surface area (Å²) in [5.74, 6) is -0.386. The van der Waals surface area contributed by atoms with E-state index < -0.39 is 85.7 Å². The molecule has 0 saturated carbocycles. The molecule has 2 saturated heterocycles. The van der Waals surface area contributed by atoms with Gasteiger partial charge in [-0.15, -0.1) is 0 Å². The highest BCUT2D eigenvalue weighted by Crippen LogP contribution is 2.46. The molecule has 2 aliphatic heterocycles. The zero-order valence-corrected chi connectivity index (χ0v) is 29.1. The first kappa shape index (κ1) is 38.0. The Kier molecular flexibility index (Phi) is 9.93. The predicted molar refractivity (Wildman–Crippen MR) is 174 cm³/mol. The number of aliphatic hydroxyl groups is 3. The van der Waals surface area contributed by atoms with Gasteiger partial charge in [0.1, 0.15) is 46.4 Å². The number of ether oxygens (including phenoxy) is 5. The lowest BCUT2D eigenvalue weighted by molar-refractivity contribution is -0.432. The van der Waals surface area contributed by atoms with Gasteiger partial charge < -0.3 is 77.9 Å². The van der Waals surface area contributed by atoms with Gasteiger partial charge in [0.25, 0.3) is 0 Å². The molecule has 5 aromatic rings. The minimum Gasteiger partial charge on any atom is -0.822 e. The fourth-order valence-corrected chi connectivity index (χ4v) is 6.96. The highest BCUT2D eigenvalue weighted by Gasteiger charge is 2.56. The van der Waals surface area contributed by atoms with Crippen molar-refractivity contribution in [2.45, 2.75) is 88.5 Å². The molecule has 18 nitrogen and oxygen atoms in total. The second-order valence-electron chi connectivity index (χ2n) is 13.0. The first-order chi connectivity index (χ1) is 24.3. The van der Waals surface area contributed by atoms with E-state index in [1.54, 1.807) is 32.0 Å². The van der Waals surface area contributed by atoms with Gasteiger partial charge in [-0.2, -0.15) is 7.82 Å². The summed E-state index contributed by atoms with van der Waals surface area (Å²) in [7, 11) is -4.00. The van der Waals surface area contributed by atoms with Gasteiger partial charge in [-0.1, -0.05) is 18.2 Å². The monoisotopic (exact) mass is 748 g/mol. The number of phosphoric acid groups is 1. The summed E-state index contributed by atoms with van der Waals surface area (Å²) in [5.41, 5.74) is 3.52. The summed E-state index contributed by atoms with van der Waals surface area (Å²) >= 11 is 0. The van der Waals surface area contributed by atoms with Crippen molar-refractivity contribution in [2.24, 2.45) is 5.73 Å². The lowest BCUT2D eigenvalue weighted by Gasteiger charge is -2.50. The number of aromatic hydroxyl groups is 1. The molecule has 6 N–H and O–H groups in total. The van der Waals surface area contributed by atoms with Crippen LogP contribution in [-0.2, 0) is 23.5 Å². The van der Waals surface area contributed by atoms with Crippen LogP contribution in [0.5, 0.6) is 11.5 Å². The Balaban J connectivity index is 0.000000870. The first-order valence-corrected chi connectivity index (χ1v) is 17.3. The smallest absolute Gasteiger partial charge is 0.348 e. The van der Waals surface area contributed by atoms with Gasteiger partial charge in [0.05, 0.1) is 29.0 Å². The normalized spacial score (nSPS) is 31.3. The Bertz CT molecular complexity index is 2290. The number of fused-ring (bicyclic) bond motifs is 2. The quantitative estimate of drug-likeness (QED) is 0.0617. The van der Waals surface area contributed by atoms with Crippen molar-refractivity contribution >= 4 is 51.3 Å². The van der Waals surface area contributed by atoms with E-state index in [-0.39, 0.29) is 43.8 Å². The van der Waals surface area contributed by atoms with Crippen LogP contribution >= 0.6 is 7.82 Å². The molecule has 7 rings (SSSR count). The molecule has 52 heavy (non-hydrogen) atoms. The van der Waals surface area contributed by atoms with E-state index in [4.69, 9.17) is 57.5 Å². The van der Waals surface area contributed by atoms with Gasteiger partial charge in [-0.05, 0) is 45.4 Å². The Labute approximate surface area is 293 Å². The number of hydrogen-bond acceptors (Lipinski definition) is 18. The maximum absolute atomic E-state index is 13.4. The Morgan fingerprint density at radius 2 is 1.54 bits per heavy atom. The second-order valence-corrected chi connectivity index (χ2v) is 13.9. The molecular formula is C33H35NO17P-3. The summed E-state index contributed by atoms with van der Waals surface area (Å²) in [6, 6.07) is 6.77. The van der Waals surface area contributed by atoms with Gasteiger partial charge >= 0.3 is 11.3 Å². The van der Waals surface area contributed by atoms with Crippen molar-refractivity contribution in [2.75, 3.05) is 7.11 Å². The number of benzene rings is 3. The van der Waals surface area contributed by atoms with Crippen molar-refractivity contribution in [1.82, 2.24) is 0 Å². The molecule has 2 aliphatic rings. The van der Waals surface area contributed by atoms with Gasteiger partial charge in [0, 0.05) is 23.3 Å². The number of phenols is 1. The van der Waals surface area contributed by atoms with Gasteiger partial charge in [-0.3, -0.25) is 0 Å². The summed E-state index contributed by atoms with van der Waals surface area (Å²) in [4.78, 5) is 52.2. The fraction of sp³-hybridized carbons (Fsp3) is 0.455. The molecule has 282 valence electrons. The molecule has 19 heteroatoms. The van der Waals surface area contributed by atoms with Crippen LogP contribution in [0.15, 0.2) is 48.8 Å². The molecule has 2 aromatic heterocycles. The number of aliphatic hydroxyl groups excluding tert-OH is 2. The summed E-state index contributed by atoms with van der Waals surface area (Å²) in [5, 5.41) is 45.3. The van der Waals surface area contributed by atoms with Crippen LogP contribution in [0.25, 0.3) is 43.5 Å². The minimum absolute atomic E-state index is 0.0328. The van der Waals surface area contributed by atoms with Crippen LogP contribution in [-0.4, -0.2) is 88.4 Å². The number of methoxy groups -OCH3 is 1. The zero-order valence-electron chi connectivity index (χ0n) is 28.2.